The molecule has 1 aliphatic heterocycles. The molecule has 1 aromatic heterocycles. The number of halogens is 2. The van der Waals surface area contributed by atoms with Crippen LogP contribution in [0.1, 0.15) is 19.3 Å². The number of aromatic nitrogens is 1. The lowest BCUT2D eigenvalue weighted by molar-refractivity contribution is -0.138. The van der Waals surface area contributed by atoms with Gasteiger partial charge in [-0.15, -0.1) is 11.3 Å². The average molecular weight is 455 g/mol. The normalized spacial score (nSPS) is 13.8. The summed E-state index contributed by atoms with van der Waals surface area (Å²) >= 11 is 1.41. The number of rotatable bonds is 10. The van der Waals surface area contributed by atoms with Gasteiger partial charge in [0.2, 0.25) is 11.7 Å². The summed E-state index contributed by atoms with van der Waals surface area (Å²) in [5, 5.41) is 13.7. The van der Waals surface area contributed by atoms with E-state index >= 15 is 0 Å². The second kappa shape index (κ2) is 11.0. The Labute approximate surface area is 181 Å². The number of aliphatic carboxylic acids is 1. The number of nitrogens with zero attached hydrogens (tertiary/aromatic N) is 2. The van der Waals surface area contributed by atoms with E-state index in [1.54, 1.807) is 5.38 Å². The minimum atomic E-state index is -1.09. The number of amides is 1. The van der Waals surface area contributed by atoms with E-state index in [1.807, 2.05) is 0 Å². The lowest BCUT2D eigenvalue weighted by Crippen LogP contribution is -2.36. The van der Waals surface area contributed by atoms with Gasteiger partial charge in [-0.05, 0) is 18.6 Å². The Bertz CT molecular complexity index is 918. The van der Waals surface area contributed by atoms with Crippen molar-refractivity contribution in [3.63, 3.8) is 0 Å². The molecule has 0 radical (unpaired) electrons. The third-order valence-electron chi connectivity index (χ3n) is 4.56. The highest BCUT2D eigenvalue weighted by molar-refractivity contribution is 7.14. The van der Waals surface area contributed by atoms with Crippen molar-refractivity contribution in [3.05, 3.63) is 29.1 Å². The summed E-state index contributed by atoms with van der Waals surface area (Å²) < 4.78 is 39.1. The molecule has 2 aromatic rings. The van der Waals surface area contributed by atoms with E-state index in [-0.39, 0.29) is 31.7 Å². The summed E-state index contributed by atoms with van der Waals surface area (Å²) in [6.45, 7) is 2.91. The molecule has 0 atom stereocenters. The highest BCUT2D eigenvalue weighted by Crippen LogP contribution is 2.36. The minimum absolute atomic E-state index is 0.0348. The van der Waals surface area contributed by atoms with Crippen LogP contribution in [-0.2, 0) is 14.3 Å². The molecule has 0 spiro atoms. The predicted molar refractivity (Wildman–Crippen MR) is 110 cm³/mol. The molecule has 3 rings (SSSR count). The number of hydrogen-bond donors (Lipinski definition) is 2. The first kappa shape index (κ1) is 22.9. The third-order valence-corrected chi connectivity index (χ3v) is 5.46. The Kier molecular flexibility index (Phi) is 8.13. The van der Waals surface area contributed by atoms with Crippen LogP contribution in [0.4, 0.5) is 13.9 Å². The molecule has 1 amide bonds. The Morgan fingerprint density at radius 1 is 1.26 bits per heavy atom. The Morgan fingerprint density at radius 2 is 2.03 bits per heavy atom. The standard InChI is InChI=1S/C20H23F2N3O5S/c21-14-3-2-13(15-12-31-20(24-15)25-7-10-29-11-8-25)19(18(14)22)30-9-1-6-23-16(26)4-5-17(27)28/h2-3,12H,1,4-11H2,(H,23,26)(H,27,28). The fraction of sp³-hybridized carbons (Fsp3) is 0.450. The molecule has 0 bridgehead atoms. The maximum Gasteiger partial charge on any atom is 0.303 e. The van der Waals surface area contributed by atoms with E-state index in [4.69, 9.17) is 14.6 Å². The van der Waals surface area contributed by atoms with Crippen LogP contribution in [0.2, 0.25) is 0 Å². The molecule has 168 valence electrons. The Morgan fingerprint density at radius 3 is 2.77 bits per heavy atom. The van der Waals surface area contributed by atoms with E-state index < -0.39 is 23.5 Å². The zero-order valence-electron chi connectivity index (χ0n) is 16.7. The van der Waals surface area contributed by atoms with E-state index in [0.29, 0.717) is 44.0 Å². The van der Waals surface area contributed by atoms with Gasteiger partial charge in [0.05, 0.1) is 31.9 Å². The fourth-order valence-corrected chi connectivity index (χ4v) is 3.83. The van der Waals surface area contributed by atoms with Crippen molar-refractivity contribution in [2.75, 3.05) is 44.4 Å². The number of anilines is 1. The first-order valence-corrected chi connectivity index (χ1v) is 10.7. The number of benzene rings is 1. The number of ether oxygens (including phenoxy) is 2. The first-order valence-electron chi connectivity index (χ1n) is 9.83. The van der Waals surface area contributed by atoms with E-state index in [9.17, 15) is 18.4 Å². The van der Waals surface area contributed by atoms with Gasteiger partial charge in [-0.25, -0.2) is 9.37 Å². The third kappa shape index (κ3) is 6.34. The van der Waals surface area contributed by atoms with Gasteiger partial charge in [0.1, 0.15) is 0 Å². The summed E-state index contributed by atoms with van der Waals surface area (Å²) in [5.41, 5.74) is 0.836. The zero-order valence-corrected chi connectivity index (χ0v) is 17.6. The fourth-order valence-electron chi connectivity index (χ4n) is 2.95. The van der Waals surface area contributed by atoms with Crippen LogP contribution < -0.4 is 15.0 Å². The molecule has 1 aromatic carbocycles. The van der Waals surface area contributed by atoms with E-state index in [2.05, 4.69) is 15.2 Å². The highest BCUT2D eigenvalue weighted by Gasteiger charge is 2.20. The van der Waals surface area contributed by atoms with Crippen LogP contribution in [0.25, 0.3) is 11.3 Å². The number of nitrogens with one attached hydrogen (secondary N) is 1. The number of carbonyl (C=O) groups excluding carboxylic acids is 1. The number of carboxylic acid groups (broad SMARTS) is 1. The van der Waals surface area contributed by atoms with Crippen molar-refractivity contribution >= 4 is 28.3 Å². The molecule has 31 heavy (non-hydrogen) atoms. The summed E-state index contributed by atoms with van der Waals surface area (Å²) in [6, 6.07) is 2.47. The summed E-state index contributed by atoms with van der Waals surface area (Å²) in [4.78, 5) is 28.6. The Hall–Kier alpha value is -2.79. The van der Waals surface area contributed by atoms with E-state index in [1.165, 1.54) is 17.4 Å². The quantitative estimate of drug-likeness (QED) is 0.531. The SMILES string of the molecule is O=C(O)CCC(=O)NCCCOc1c(-c2csc(N3CCOCC3)n2)ccc(F)c1F. The number of carbonyl (C=O) groups is 2. The number of carboxylic acids is 1. The molecule has 1 saturated heterocycles. The van der Waals surface area contributed by atoms with Crippen LogP contribution in [-0.4, -0.2) is 61.4 Å². The van der Waals surface area contributed by atoms with Crippen molar-refractivity contribution in [2.24, 2.45) is 0 Å². The largest absolute Gasteiger partial charge is 0.490 e. The number of morpholine rings is 1. The molecule has 0 aliphatic carbocycles. The van der Waals surface area contributed by atoms with Gasteiger partial charge in [-0.1, -0.05) is 0 Å². The van der Waals surface area contributed by atoms with Crippen molar-refractivity contribution in [1.82, 2.24) is 10.3 Å². The molecule has 2 N–H and O–H groups in total. The smallest absolute Gasteiger partial charge is 0.303 e. The minimum Gasteiger partial charge on any atom is -0.490 e. The summed E-state index contributed by atoms with van der Waals surface area (Å²) in [5.74, 6) is -3.78. The molecular formula is C20H23F2N3O5S. The topological polar surface area (TPSA) is 101 Å². The van der Waals surface area contributed by atoms with Gasteiger partial charge in [-0.3, -0.25) is 9.59 Å². The summed E-state index contributed by atoms with van der Waals surface area (Å²) in [6.07, 6.45) is -0.0290. The second-order valence-electron chi connectivity index (χ2n) is 6.80. The zero-order chi connectivity index (χ0) is 22.2. The lowest BCUT2D eigenvalue weighted by Gasteiger charge is -2.26. The lowest BCUT2D eigenvalue weighted by atomic mass is 10.1. The van der Waals surface area contributed by atoms with Crippen molar-refractivity contribution in [3.8, 4) is 17.0 Å². The van der Waals surface area contributed by atoms with Gasteiger partial charge in [0.25, 0.3) is 0 Å². The van der Waals surface area contributed by atoms with Crippen LogP contribution in [0, 0.1) is 11.6 Å². The molecule has 0 unspecified atom stereocenters. The molecule has 1 aliphatic rings. The van der Waals surface area contributed by atoms with Crippen LogP contribution >= 0.6 is 11.3 Å². The molecule has 1 fully saturated rings. The number of hydrogen-bond acceptors (Lipinski definition) is 7. The van der Waals surface area contributed by atoms with Gasteiger partial charge >= 0.3 is 5.97 Å². The van der Waals surface area contributed by atoms with E-state index in [0.717, 1.165) is 11.2 Å². The monoisotopic (exact) mass is 455 g/mol. The molecule has 11 heteroatoms. The average Bonchev–Trinajstić information content (AvgIpc) is 3.25. The molecule has 8 nitrogen and oxygen atoms in total. The highest BCUT2D eigenvalue weighted by atomic mass is 32.1. The Balaban J connectivity index is 1.61. The van der Waals surface area contributed by atoms with Gasteiger partial charge in [0, 0.05) is 37.0 Å². The summed E-state index contributed by atoms with van der Waals surface area (Å²) in [7, 11) is 0. The van der Waals surface area contributed by atoms with Crippen molar-refractivity contribution in [1.29, 1.82) is 0 Å². The maximum atomic E-state index is 14.4. The van der Waals surface area contributed by atoms with Gasteiger partial charge < -0.3 is 24.8 Å². The van der Waals surface area contributed by atoms with Crippen LogP contribution in [0.15, 0.2) is 17.5 Å². The second-order valence-corrected chi connectivity index (χ2v) is 7.64. The first-order chi connectivity index (χ1) is 15.0. The predicted octanol–water partition coefficient (Wildman–Crippen LogP) is 2.67. The molecule has 2 heterocycles. The molecular weight excluding hydrogens is 432 g/mol. The van der Waals surface area contributed by atoms with Gasteiger partial charge in [0.15, 0.2) is 16.7 Å². The molecule has 0 saturated carbocycles. The maximum absolute atomic E-state index is 14.4. The van der Waals surface area contributed by atoms with Crippen LogP contribution in [0.3, 0.4) is 0 Å². The van der Waals surface area contributed by atoms with Gasteiger partial charge in [-0.2, -0.15) is 4.39 Å². The van der Waals surface area contributed by atoms with Crippen molar-refractivity contribution < 1.29 is 33.0 Å². The number of thiazole rings is 1. The van der Waals surface area contributed by atoms with Crippen molar-refractivity contribution in [2.45, 2.75) is 19.3 Å². The van der Waals surface area contributed by atoms with Crippen LogP contribution in [0.5, 0.6) is 5.75 Å².